The zero-order valence-electron chi connectivity index (χ0n) is 45.7. The van der Waals surface area contributed by atoms with Crippen LogP contribution in [0.15, 0.2) is 77.7 Å². The number of nitrogens with zero attached hydrogens (tertiary/aromatic N) is 7. The Balaban J connectivity index is 0.679. The highest BCUT2D eigenvalue weighted by atomic mass is 19.3. The third-order valence-corrected chi connectivity index (χ3v) is 14.8. The number of oxazole rings is 1. The average molecular weight is 1180 g/mol. The summed E-state index contributed by atoms with van der Waals surface area (Å²) < 4.78 is 57.8. The van der Waals surface area contributed by atoms with Gasteiger partial charge in [-0.05, 0) is 80.0 Å². The molecule has 5 aliphatic rings. The van der Waals surface area contributed by atoms with Crippen LogP contribution in [-0.4, -0.2) is 183 Å². The first-order valence-corrected chi connectivity index (χ1v) is 27.6. The van der Waals surface area contributed by atoms with E-state index in [1.165, 1.54) is 17.2 Å². The molecule has 29 heteroatoms. The summed E-state index contributed by atoms with van der Waals surface area (Å²) in [4.78, 5) is 128. The second kappa shape index (κ2) is 26.6. The molecule has 10 rings (SSSR count). The van der Waals surface area contributed by atoms with Crippen molar-refractivity contribution >= 4 is 70.6 Å². The van der Waals surface area contributed by atoms with Crippen LogP contribution in [0.4, 0.5) is 30.8 Å². The Kier molecular flexibility index (Phi) is 18.4. The smallest absolute Gasteiger partial charge is 0.410 e. The van der Waals surface area contributed by atoms with Gasteiger partial charge in [0.25, 0.3) is 24.1 Å². The molecule has 0 spiro atoms. The number of likely N-dealkylation sites (tertiary alicyclic amines) is 2. The quantitative estimate of drug-likeness (QED) is 0.0339. The highest BCUT2D eigenvalue weighted by Gasteiger charge is 2.46. The Labute approximate surface area is 483 Å². The number of halogens is 2. The molecular formula is C56H60F2N12O15. The largest absolute Gasteiger partial charge is 0.480 e. The Bertz CT molecular complexity index is 3350. The molecule has 448 valence electrons. The Morgan fingerprint density at radius 1 is 0.859 bits per heavy atom. The standard InChI is InChI=1S/C56H60F2N12O15/c57-48(58)47-38(63-49(73)39-29-84-52(64-39)33-14-15-60-43(23-33)61-25-31-6-7-31)28-69(66-47)34-10-8-32(9-11-34)26-62-50(74)42-24-35(85-56(80)67-17-2-5-41(67)55(78)79)27-68(42)45(72)30-83-22-21-82-20-19-81-18-16-59-37-4-1-3-36-46(37)54(77)70(53(36)76)40-12-13-44(71)65-51(40)75/h1,3-4,8-11,14-15,23,28-29,31,35,40-42,48,59H,2,5-7,12-13,16-22,24-27,30H2,(H,60,61)(H,62,74)(H,63,73)(H,78,79)(H,65,71,75)/t35-,40?,41+,42+/m1/s1. The van der Waals surface area contributed by atoms with Crippen LogP contribution in [0.25, 0.3) is 17.1 Å². The Morgan fingerprint density at radius 2 is 1.64 bits per heavy atom. The fourth-order valence-corrected chi connectivity index (χ4v) is 10.2. The van der Waals surface area contributed by atoms with Crippen molar-refractivity contribution in [1.82, 2.24) is 45.1 Å². The number of hydrogen-bond acceptors (Lipinski definition) is 19. The van der Waals surface area contributed by atoms with Gasteiger partial charge < -0.3 is 54.6 Å². The second-order valence-electron chi connectivity index (χ2n) is 20.7. The van der Waals surface area contributed by atoms with E-state index in [-0.39, 0.29) is 113 Å². The maximum absolute atomic E-state index is 14.3. The van der Waals surface area contributed by atoms with Crippen LogP contribution in [0, 0.1) is 5.92 Å². The number of hydrogen-bond donors (Lipinski definition) is 6. The first-order valence-electron chi connectivity index (χ1n) is 27.6. The van der Waals surface area contributed by atoms with Gasteiger partial charge in [-0.25, -0.2) is 33.0 Å². The summed E-state index contributed by atoms with van der Waals surface area (Å²) in [6, 6.07) is 11.2. The van der Waals surface area contributed by atoms with E-state index in [1.54, 1.807) is 54.7 Å². The number of pyridine rings is 1. The van der Waals surface area contributed by atoms with E-state index in [2.05, 4.69) is 41.7 Å². The monoisotopic (exact) mass is 1180 g/mol. The molecule has 8 amide bonds. The van der Waals surface area contributed by atoms with Crippen LogP contribution in [0.5, 0.6) is 0 Å². The van der Waals surface area contributed by atoms with Gasteiger partial charge in [0.1, 0.15) is 42.9 Å². The Morgan fingerprint density at radius 3 is 2.39 bits per heavy atom. The summed E-state index contributed by atoms with van der Waals surface area (Å²) in [5.74, 6) is -4.25. The number of aromatic nitrogens is 4. The van der Waals surface area contributed by atoms with Crippen molar-refractivity contribution < 1.29 is 80.4 Å². The lowest BCUT2D eigenvalue weighted by atomic mass is 10.0. The third kappa shape index (κ3) is 14.1. The molecule has 1 aliphatic carbocycles. The van der Waals surface area contributed by atoms with Crippen LogP contribution in [0.1, 0.15) is 93.8 Å². The molecule has 27 nitrogen and oxygen atoms in total. The number of carbonyl (C=O) groups excluding carboxylic acids is 8. The number of nitrogens with one attached hydrogen (secondary N) is 5. The minimum absolute atomic E-state index is 0.00220. The topological polar surface area (TPSA) is 337 Å². The fraction of sp³-hybridized carbons (Fsp3) is 0.429. The zero-order valence-corrected chi connectivity index (χ0v) is 45.7. The van der Waals surface area contributed by atoms with Crippen molar-refractivity contribution in [1.29, 1.82) is 0 Å². The van der Waals surface area contributed by atoms with E-state index in [0.717, 1.165) is 40.1 Å². The third-order valence-electron chi connectivity index (χ3n) is 14.8. The molecule has 4 fully saturated rings. The maximum atomic E-state index is 14.3. The van der Waals surface area contributed by atoms with Crippen molar-refractivity contribution in [2.24, 2.45) is 5.92 Å². The lowest BCUT2D eigenvalue weighted by Gasteiger charge is -2.27. The Hall–Kier alpha value is -9.22. The number of aliphatic carboxylic acids is 1. The molecule has 85 heavy (non-hydrogen) atoms. The van der Waals surface area contributed by atoms with Gasteiger partial charge in [0.05, 0.1) is 68.3 Å². The predicted octanol–water partition coefficient (Wildman–Crippen LogP) is 3.77. The van der Waals surface area contributed by atoms with Gasteiger partial charge in [-0.1, -0.05) is 18.2 Å². The number of ether oxygens (including phenoxy) is 4. The van der Waals surface area contributed by atoms with Gasteiger partial charge in [-0.15, -0.1) is 0 Å². The highest BCUT2D eigenvalue weighted by Crippen LogP contribution is 2.34. The molecule has 4 atom stereocenters. The van der Waals surface area contributed by atoms with E-state index in [0.29, 0.717) is 40.7 Å². The number of rotatable bonds is 26. The minimum atomic E-state index is -3.06. The molecular weight excluding hydrogens is 1120 g/mol. The average Bonchev–Trinajstić information content (AvgIpc) is 1.89. The van der Waals surface area contributed by atoms with Crippen molar-refractivity contribution in [3.8, 4) is 17.1 Å². The first kappa shape index (κ1) is 59.0. The van der Waals surface area contributed by atoms with Crippen LogP contribution in [0.3, 0.4) is 0 Å². The van der Waals surface area contributed by atoms with Crippen LogP contribution in [-0.2, 0) is 49.5 Å². The molecule has 6 N–H and O–H groups in total. The number of carboxylic acid groups (broad SMARTS) is 1. The molecule has 1 saturated carbocycles. The second-order valence-corrected chi connectivity index (χ2v) is 20.7. The molecule has 1 unspecified atom stereocenters. The van der Waals surface area contributed by atoms with Gasteiger partial charge >= 0.3 is 12.1 Å². The zero-order chi connectivity index (χ0) is 59.7. The lowest BCUT2D eigenvalue weighted by Crippen LogP contribution is -2.54. The molecule has 2 aromatic carbocycles. The summed E-state index contributed by atoms with van der Waals surface area (Å²) in [5.41, 5.74) is 0.995. The molecule has 3 aromatic heterocycles. The fourth-order valence-electron chi connectivity index (χ4n) is 10.2. The number of piperidine rings is 1. The molecule has 3 saturated heterocycles. The number of alkyl halides is 2. The number of carboxylic acids is 1. The number of imide groups is 2. The van der Waals surface area contributed by atoms with E-state index in [1.807, 2.05) is 0 Å². The molecule has 7 heterocycles. The molecule has 4 aliphatic heterocycles. The van der Waals surface area contributed by atoms with E-state index in [4.69, 9.17) is 23.4 Å². The van der Waals surface area contributed by atoms with E-state index < -0.39 is 96.4 Å². The van der Waals surface area contributed by atoms with Gasteiger partial charge in [-0.3, -0.25) is 48.7 Å². The number of carbonyl (C=O) groups is 9. The SMILES string of the molecule is O=C1CCC(N2C(=O)c3cccc(NCCOCCOCCOCC(=O)N4C[C@H](OC(=O)N5CCC[C@H]5C(=O)O)C[C@H]4C(=O)NCc4ccc(-n5cc(NC(=O)c6coc(-c7ccnc(NCC8CC8)c7)n6)c(C(F)F)n5)cc4)c3C2=O)C(=O)N1. The highest BCUT2D eigenvalue weighted by molar-refractivity contribution is 6.25. The summed E-state index contributed by atoms with van der Waals surface area (Å²) >= 11 is 0. The summed E-state index contributed by atoms with van der Waals surface area (Å²) in [6.45, 7) is 1.06. The van der Waals surface area contributed by atoms with Crippen LogP contribution < -0.4 is 26.6 Å². The molecule has 0 radical (unpaired) electrons. The van der Waals surface area contributed by atoms with Crippen molar-refractivity contribution in [2.75, 3.05) is 81.8 Å². The number of benzene rings is 2. The maximum Gasteiger partial charge on any atom is 0.410 e. The van der Waals surface area contributed by atoms with E-state index >= 15 is 0 Å². The summed E-state index contributed by atoms with van der Waals surface area (Å²) in [7, 11) is 0. The molecule has 0 bridgehead atoms. The summed E-state index contributed by atoms with van der Waals surface area (Å²) in [5, 5.41) is 27.4. The first-order chi connectivity index (χ1) is 41.1. The van der Waals surface area contributed by atoms with Gasteiger partial charge in [0.15, 0.2) is 11.4 Å². The number of fused-ring (bicyclic) bond motifs is 1. The van der Waals surface area contributed by atoms with Crippen molar-refractivity contribution in [3.63, 3.8) is 0 Å². The summed E-state index contributed by atoms with van der Waals surface area (Å²) in [6.07, 6.45) is 1.97. The van der Waals surface area contributed by atoms with Crippen LogP contribution >= 0.6 is 0 Å². The van der Waals surface area contributed by atoms with Gasteiger partial charge in [0, 0.05) is 56.5 Å². The van der Waals surface area contributed by atoms with Gasteiger partial charge in [-0.2, -0.15) is 5.10 Å². The normalized spacial score (nSPS) is 19.3. The van der Waals surface area contributed by atoms with Crippen LogP contribution in [0.2, 0.25) is 0 Å². The predicted molar refractivity (Wildman–Crippen MR) is 291 cm³/mol. The van der Waals surface area contributed by atoms with Crippen molar-refractivity contribution in [3.05, 3.63) is 101 Å². The number of amides is 8. The van der Waals surface area contributed by atoms with E-state index in [9.17, 15) is 57.0 Å². The number of anilines is 3. The van der Waals surface area contributed by atoms with Crippen molar-refractivity contribution in [2.45, 2.75) is 82.1 Å². The molecule has 5 aromatic rings. The minimum Gasteiger partial charge on any atom is -0.480 e. The lowest BCUT2D eigenvalue weighted by molar-refractivity contribution is -0.142. The van der Waals surface area contributed by atoms with Gasteiger partial charge in [0.2, 0.25) is 29.5 Å².